The van der Waals surface area contributed by atoms with Crippen molar-refractivity contribution in [1.29, 1.82) is 0 Å². The Balaban J connectivity index is 1.82. The van der Waals surface area contributed by atoms with Gasteiger partial charge in [0.15, 0.2) is 17.1 Å². The number of nitrogens with one attached hydrogen (secondary N) is 1. The number of hydrogen-bond donors (Lipinski definition) is 2. The van der Waals surface area contributed by atoms with E-state index in [-0.39, 0.29) is 17.2 Å². The third-order valence-corrected chi connectivity index (χ3v) is 5.89. The molecule has 0 amide bonds. The summed E-state index contributed by atoms with van der Waals surface area (Å²) in [6.07, 6.45) is 0. The summed E-state index contributed by atoms with van der Waals surface area (Å²) in [5, 5.41) is 9.42. The highest BCUT2D eigenvalue weighted by Crippen LogP contribution is 2.33. The Kier molecular flexibility index (Phi) is 6.65. The van der Waals surface area contributed by atoms with E-state index in [1.54, 1.807) is 0 Å². The first kappa shape index (κ1) is 22.7. The third-order valence-electron chi connectivity index (χ3n) is 4.29. The lowest BCUT2D eigenvalue weighted by atomic mass is 10.1. The third kappa shape index (κ3) is 5.61. The summed E-state index contributed by atoms with van der Waals surface area (Å²) in [5.74, 6) is 5.16. The first-order valence-electron chi connectivity index (χ1n) is 9.17. The molecule has 10 heteroatoms. The SMILES string of the molecule is CC(C)(OCC#Cc1cc(Cl)ccc1NS(=O)(=O)c1ccc2c(c1)OCCO2)C(=O)O. The van der Waals surface area contributed by atoms with Crippen LogP contribution >= 0.6 is 11.6 Å². The fourth-order valence-corrected chi connectivity index (χ4v) is 3.78. The summed E-state index contributed by atoms with van der Waals surface area (Å²) in [6, 6.07) is 8.85. The molecule has 0 aromatic heterocycles. The fraction of sp³-hybridized carbons (Fsp3) is 0.286. The Morgan fingerprint density at radius 2 is 1.90 bits per heavy atom. The molecule has 164 valence electrons. The lowest BCUT2D eigenvalue weighted by Crippen LogP contribution is -2.34. The van der Waals surface area contributed by atoms with Crippen LogP contribution in [0.4, 0.5) is 5.69 Å². The number of rotatable bonds is 6. The van der Waals surface area contributed by atoms with Crippen LogP contribution in [0.5, 0.6) is 11.5 Å². The second kappa shape index (κ2) is 9.06. The van der Waals surface area contributed by atoms with Gasteiger partial charge < -0.3 is 19.3 Å². The Morgan fingerprint density at radius 1 is 1.19 bits per heavy atom. The van der Waals surface area contributed by atoms with E-state index < -0.39 is 21.6 Å². The van der Waals surface area contributed by atoms with Crippen molar-refractivity contribution in [3.8, 4) is 23.3 Å². The number of sulfonamides is 1. The molecule has 0 saturated heterocycles. The van der Waals surface area contributed by atoms with Crippen molar-refractivity contribution in [2.45, 2.75) is 24.3 Å². The summed E-state index contributed by atoms with van der Waals surface area (Å²) in [5.41, 5.74) is -0.874. The number of halogens is 1. The molecule has 0 radical (unpaired) electrons. The normalized spacial score (nSPS) is 13.1. The zero-order valence-electron chi connectivity index (χ0n) is 16.8. The van der Waals surface area contributed by atoms with Gasteiger partial charge in [0.1, 0.15) is 19.8 Å². The maximum atomic E-state index is 12.9. The van der Waals surface area contributed by atoms with Gasteiger partial charge in [0.25, 0.3) is 10.0 Å². The molecule has 31 heavy (non-hydrogen) atoms. The van der Waals surface area contributed by atoms with E-state index in [1.165, 1.54) is 50.2 Å². The molecular formula is C21H20ClNO7S. The minimum atomic E-state index is -3.95. The number of carbonyl (C=O) groups is 1. The second-order valence-electron chi connectivity index (χ2n) is 7.01. The maximum absolute atomic E-state index is 12.9. The Morgan fingerprint density at radius 3 is 2.61 bits per heavy atom. The molecule has 1 heterocycles. The standard InChI is InChI=1S/C21H20ClNO7S/c1-21(2,20(24)25)30-9-3-4-14-12-15(22)5-7-17(14)23-31(26,27)16-6-8-18-19(13-16)29-11-10-28-18/h5-8,12-13,23H,9-11H2,1-2H3,(H,24,25). The van der Waals surface area contributed by atoms with Gasteiger partial charge in [-0.05, 0) is 44.2 Å². The molecule has 0 spiro atoms. The molecule has 1 aliphatic heterocycles. The van der Waals surface area contributed by atoms with Gasteiger partial charge in [-0.3, -0.25) is 4.72 Å². The van der Waals surface area contributed by atoms with Crippen LogP contribution in [0.2, 0.25) is 5.02 Å². The van der Waals surface area contributed by atoms with Crippen LogP contribution in [-0.4, -0.2) is 44.9 Å². The molecule has 2 N–H and O–H groups in total. The lowest BCUT2D eigenvalue weighted by Gasteiger charge is -2.19. The van der Waals surface area contributed by atoms with Crippen LogP contribution in [-0.2, 0) is 19.6 Å². The molecule has 1 aliphatic rings. The molecule has 2 aromatic rings. The average molecular weight is 466 g/mol. The van der Waals surface area contributed by atoms with Crippen LogP contribution < -0.4 is 14.2 Å². The number of anilines is 1. The van der Waals surface area contributed by atoms with Crippen molar-refractivity contribution < 1.29 is 32.5 Å². The average Bonchev–Trinajstić information content (AvgIpc) is 2.72. The topological polar surface area (TPSA) is 111 Å². The Bertz CT molecular complexity index is 1170. The molecule has 0 saturated carbocycles. The molecule has 2 aromatic carbocycles. The zero-order valence-corrected chi connectivity index (χ0v) is 18.3. The molecule has 0 atom stereocenters. The minimum Gasteiger partial charge on any atom is -0.486 e. The molecule has 0 fully saturated rings. The first-order chi connectivity index (χ1) is 14.6. The van der Waals surface area contributed by atoms with E-state index >= 15 is 0 Å². The number of hydrogen-bond acceptors (Lipinski definition) is 6. The van der Waals surface area contributed by atoms with Gasteiger partial charge in [-0.1, -0.05) is 23.4 Å². The monoisotopic (exact) mass is 465 g/mol. The largest absolute Gasteiger partial charge is 0.486 e. The second-order valence-corrected chi connectivity index (χ2v) is 9.13. The van der Waals surface area contributed by atoms with Crippen LogP contribution in [0, 0.1) is 11.8 Å². The smallest absolute Gasteiger partial charge is 0.335 e. The predicted octanol–water partition coefficient (Wildman–Crippen LogP) is 3.14. The summed E-state index contributed by atoms with van der Waals surface area (Å²) in [7, 11) is -3.95. The first-order valence-corrected chi connectivity index (χ1v) is 11.0. The molecule has 0 aliphatic carbocycles. The van der Waals surface area contributed by atoms with Gasteiger partial charge in [-0.25, -0.2) is 13.2 Å². The number of carboxylic acid groups (broad SMARTS) is 1. The Hall–Kier alpha value is -2.93. The number of carboxylic acids is 1. The van der Waals surface area contributed by atoms with E-state index in [4.69, 9.17) is 30.9 Å². The van der Waals surface area contributed by atoms with Crippen LogP contribution in [0.25, 0.3) is 0 Å². The maximum Gasteiger partial charge on any atom is 0.335 e. The van der Waals surface area contributed by atoms with Gasteiger partial charge in [0.05, 0.1) is 16.1 Å². The van der Waals surface area contributed by atoms with Crippen molar-refractivity contribution >= 4 is 33.3 Å². The van der Waals surface area contributed by atoms with Crippen molar-refractivity contribution in [2.24, 2.45) is 0 Å². The predicted molar refractivity (Wildman–Crippen MR) is 114 cm³/mol. The highest BCUT2D eigenvalue weighted by Gasteiger charge is 2.27. The van der Waals surface area contributed by atoms with E-state index in [9.17, 15) is 13.2 Å². The quantitative estimate of drug-likeness (QED) is 0.630. The number of fused-ring (bicyclic) bond motifs is 1. The lowest BCUT2D eigenvalue weighted by molar-refractivity contribution is -0.159. The minimum absolute atomic E-state index is 0.00264. The van der Waals surface area contributed by atoms with Crippen LogP contribution in [0.3, 0.4) is 0 Å². The van der Waals surface area contributed by atoms with Crippen molar-refractivity contribution in [3.63, 3.8) is 0 Å². The van der Waals surface area contributed by atoms with Crippen molar-refractivity contribution in [2.75, 3.05) is 24.5 Å². The van der Waals surface area contributed by atoms with Crippen molar-refractivity contribution in [1.82, 2.24) is 0 Å². The summed E-state index contributed by atoms with van der Waals surface area (Å²) >= 11 is 6.03. The van der Waals surface area contributed by atoms with E-state index in [0.29, 0.717) is 35.3 Å². The Labute approximate surface area is 185 Å². The molecular weight excluding hydrogens is 446 g/mol. The highest BCUT2D eigenvalue weighted by atomic mass is 35.5. The van der Waals surface area contributed by atoms with E-state index in [0.717, 1.165) is 0 Å². The van der Waals surface area contributed by atoms with Gasteiger partial charge in [-0.15, -0.1) is 0 Å². The van der Waals surface area contributed by atoms with Gasteiger partial charge in [0.2, 0.25) is 0 Å². The summed E-state index contributed by atoms with van der Waals surface area (Å²) in [4.78, 5) is 11.1. The number of aliphatic carboxylic acids is 1. The molecule has 3 rings (SSSR count). The van der Waals surface area contributed by atoms with Crippen LogP contribution in [0.15, 0.2) is 41.3 Å². The molecule has 8 nitrogen and oxygen atoms in total. The fourth-order valence-electron chi connectivity index (χ4n) is 2.51. The van der Waals surface area contributed by atoms with E-state index in [2.05, 4.69) is 16.6 Å². The van der Waals surface area contributed by atoms with Crippen molar-refractivity contribution in [3.05, 3.63) is 47.0 Å². The molecule has 0 unspecified atom stereocenters. The van der Waals surface area contributed by atoms with Gasteiger partial charge in [0, 0.05) is 11.1 Å². The zero-order chi connectivity index (χ0) is 22.6. The number of ether oxygens (including phenoxy) is 3. The molecule has 0 bridgehead atoms. The summed E-state index contributed by atoms with van der Waals surface area (Å²) in [6.45, 7) is 3.38. The van der Waals surface area contributed by atoms with E-state index in [1.807, 2.05) is 0 Å². The highest BCUT2D eigenvalue weighted by molar-refractivity contribution is 7.92. The summed E-state index contributed by atoms with van der Waals surface area (Å²) < 4.78 is 44.4. The van der Waals surface area contributed by atoms with Crippen LogP contribution in [0.1, 0.15) is 19.4 Å². The number of benzene rings is 2. The van der Waals surface area contributed by atoms with Gasteiger partial charge >= 0.3 is 5.97 Å². The van der Waals surface area contributed by atoms with Gasteiger partial charge in [-0.2, -0.15) is 0 Å².